The first kappa shape index (κ1) is 11.0. The number of phenols is 2. The molecule has 3 aromatic rings. The fourth-order valence-electron chi connectivity index (χ4n) is 2.52. The molecule has 4 heteroatoms. The molecular formula is C16H10O4. The molecule has 20 heavy (non-hydrogen) atoms. The summed E-state index contributed by atoms with van der Waals surface area (Å²) in [5.41, 5.74) is 2.10. The third-order valence-electron chi connectivity index (χ3n) is 3.40. The van der Waals surface area contributed by atoms with Crippen molar-refractivity contribution < 1.29 is 19.4 Å². The Morgan fingerprint density at radius 3 is 2.55 bits per heavy atom. The number of furan rings is 1. The highest BCUT2D eigenvalue weighted by Crippen LogP contribution is 2.47. The van der Waals surface area contributed by atoms with Crippen molar-refractivity contribution in [3.63, 3.8) is 0 Å². The molecule has 1 aliphatic rings. The maximum Gasteiger partial charge on any atom is 0.150 e. The summed E-state index contributed by atoms with van der Waals surface area (Å²) in [5, 5.41) is 19.9. The van der Waals surface area contributed by atoms with Crippen LogP contribution in [0.5, 0.6) is 17.2 Å². The number of ether oxygens (including phenoxy) is 1. The topological polar surface area (TPSA) is 62.8 Å². The quantitative estimate of drug-likeness (QED) is 0.648. The molecule has 0 bridgehead atoms. The molecule has 4 rings (SSSR count). The number of rotatable bonds is 0. The van der Waals surface area contributed by atoms with Crippen LogP contribution in [0.1, 0.15) is 5.56 Å². The van der Waals surface area contributed by atoms with E-state index in [0.29, 0.717) is 22.9 Å². The van der Waals surface area contributed by atoms with Crippen molar-refractivity contribution in [3.05, 3.63) is 48.5 Å². The van der Waals surface area contributed by atoms with Gasteiger partial charge in [0.05, 0.1) is 11.1 Å². The van der Waals surface area contributed by atoms with Gasteiger partial charge in [0.25, 0.3) is 0 Å². The maximum atomic E-state index is 9.54. The zero-order valence-corrected chi connectivity index (χ0v) is 10.4. The first-order chi connectivity index (χ1) is 9.63. The SMILES string of the molecule is C=C1Oc2cc(O)ccc2-c2oc3cc(O)ccc3c21. The Balaban J connectivity index is 2.10. The van der Waals surface area contributed by atoms with Crippen molar-refractivity contribution in [2.45, 2.75) is 0 Å². The normalized spacial score (nSPS) is 12.9. The minimum Gasteiger partial charge on any atom is -0.508 e. The minimum absolute atomic E-state index is 0.119. The summed E-state index contributed by atoms with van der Waals surface area (Å²) in [6.45, 7) is 3.90. The lowest BCUT2D eigenvalue weighted by Crippen LogP contribution is -2.01. The third kappa shape index (κ3) is 1.36. The lowest BCUT2D eigenvalue weighted by atomic mass is 10.0. The first-order valence-electron chi connectivity index (χ1n) is 6.09. The van der Waals surface area contributed by atoms with Crippen molar-refractivity contribution in [2.24, 2.45) is 0 Å². The number of hydrogen-bond donors (Lipinski definition) is 2. The minimum atomic E-state index is 0.119. The van der Waals surface area contributed by atoms with Crippen molar-refractivity contribution in [3.8, 4) is 28.6 Å². The summed E-state index contributed by atoms with van der Waals surface area (Å²) in [5.74, 6) is 1.86. The maximum absolute atomic E-state index is 9.54. The van der Waals surface area contributed by atoms with Gasteiger partial charge in [-0.05, 0) is 24.3 Å². The van der Waals surface area contributed by atoms with Gasteiger partial charge >= 0.3 is 0 Å². The molecule has 0 saturated carbocycles. The van der Waals surface area contributed by atoms with Crippen molar-refractivity contribution in [1.82, 2.24) is 0 Å². The summed E-state index contributed by atoms with van der Waals surface area (Å²) >= 11 is 0. The Bertz CT molecular complexity index is 874. The van der Waals surface area contributed by atoms with Crippen LogP contribution in [-0.2, 0) is 0 Å². The molecule has 98 valence electrons. The van der Waals surface area contributed by atoms with Crippen molar-refractivity contribution in [1.29, 1.82) is 0 Å². The van der Waals surface area contributed by atoms with Gasteiger partial charge in [0.15, 0.2) is 0 Å². The molecule has 0 unspecified atom stereocenters. The van der Waals surface area contributed by atoms with Gasteiger partial charge in [0, 0.05) is 17.5 Å². The summed E-state index contributed by atoms with van der Waals surface area (Å²) < 4.78 is 11.5. The molecule has 4 nitrogen and oxygen atoms in total. The molecule has 0 aliphatic carbocycles. The van der Waals surface area contributed by atoms with Gasteiger partial charge in [-0.25, -0.2) is 0 Å². The summed E-state index contributed by atoms with van der Waals surface area (Å²) in [6.07, 6.45) is 0. The third-order valence-corrected chi connectivity index (χ3v) is 3.40. The number of hydrogen-bond acceptors (Lipinski definition) is 4. The van der Waals surface area contributed by atoms with Crippen LogP contribution in [0.4, 0.5) is 0 Å². The zero-order chi connectivity index (χ0) is 13.9. The number of phenolic OH excluding ortho intramolecular Hbond substituents is 2. The number of aromatic hydroxyl groups is 2. The average Bonchev–Trinajstić information content (AvgIpc) is 2.77. The fourth-order valence-corrected chi connectivity index (χ4v) is 2.52. The molecule has 0 spiro atoms. The fraction of sp³-hybridized carbons (Fsp3) is 0. The molecule has 0 radical (unpaired) electrons. The predicted octanol–water partition coefficient (Wildman–Crippen LogP) is 3.87. The van der Waals surface area contributed by atoms with E-state index in [2.05, 4.69) is 6.58 Å². The second kappa shape index (κ2) is 3.57. The summed E-state index contributed by atoms with van der Waals surface area (Å²) in [6, 6.07) is 9.75. The highest BCUT2D eigenvalue weighted by molar-refractivity contribution is 5.99. The Morgan fingerprint density at radius 2 is 1.70 bits per heavy atom. The Hall–Kier alpha value is -2.88. The predicted molar refractivity (Wildman–Crippen MR) is 74.6 cm³/mol. The van der Waals surface area contributed by atoms with Crippen LogP contribution in [0.2, 0.25) is 0 Å². The smallest absolute Gasteiger partial charge is 0.150 e. The van der Waals surface area contributed by atoms with Gasteiger partial charge in [-0.15, -0.1) is 0 Å². The van der Waals surface area contributed by atoms with Gasteiger partial charge in [0.2, 0.25) is 0 Å². The van der Waals surface area contributed by atoms with Crippen LogP contribution < -0.4 is 4.74 Å². The lowest BCUT2D eigenvalue weighted by Gasteiger charge is -2.18. The molecule has 0 amide bonds. The largest absolute Gasteiger partial charge is 0.508 e. The molecular weight excluding hydrogens is 256 g/mol. The molecule has 1 aliphatic heterocycles. The van der Waals surface area contributed by atoms with E-state index in [0.717, 1.165) is 16.5 Å². The summed E-state index contributed by atoms with van der Waals surface area (Å²) in [7, 11) is 0. The first-order valence-corrected chi connectivity index (χ1v) is 6.09. The molecule has 1 aromatic heterocycles. The molecule has 0 saturated heterocycles. The van der Waals surface area contributed by atoms with Gasteiger partial charge in [-0.3, -0.25) is 0 Å². The van der Waals surface area contributed by atoms with Crippen LogP contribution in [0.3, 0.4) is 0 Å². The van der Waals surface area contributed by atoms with E-state index in [1.807, 2.05) is 0 Å². The zero-order valence-electron chi connectivity index (χ0n) is 10.4. The van der Waals surface area contributed by atoms with E-state index in [1.54, 1.807) is 30.3 Å². The van der Waals surface area contributed by atoms with Gasteiger partial charge < -0.3 is 19.4 Å². The number of benzene rings is 2. The van der Waals surface area contributed by atoms with Gasteiger partial charge in [-0.2, -0.15) is 0 Å². The van der Waals surface area contributed by atoms with Gasteiger partial charge in [-0.1, -0.05) is 6.58 Å². The van der Waals surface area contributed by atoms with E-state index in [4.69, 9.17) is 9.15 Å². The van der Waals surface area contributed by atoms with E-state index in [-0.39, 0.29) is 11.5 Å². The molecule has 2 aromatic carbocycles. The second-order valence-corrected chi connectivity index (χ2v) is 4.69. The van der Waals surface area contributed by atoms with Crippen molar-refractivity contribution >= 4 is 16.7 Å². The van der Waals surface area contributed by atoms with Gasteiger partial charge in [0.1, 0.15) is 34.4 Å². The van der Waals surface area contributed by atoms with Crippen LogP contribution in [0, 0.1) is 0 Å². The Kier molecular flexibility index (Phi) is 1.96. The second-order valence-electron chi connectivity index (χ2n) is 4.69. The standard InChI is InChI=1S/C16H10O4/c1-8-15-11-4-2-9(17)6-13(11)20-16(15)12-5-3-10(18)7-14(12)19-8/h2-7,17-18H,1H2. The molecule has 0 fully saturated rings. The van der Waals surface area contributed by atoms with Crippen LogP contribution >= 0.6 is 0 Å². The average molecular weight is 266 g/mol. The molecule has 0 atom stereocenters. The highest BCUT2D eigenvalue weighted by atomic mass is 16.5. The molecule has 2 N–H and O–H groups in total. The summed E-state index contributed by atoms with van der Waals surface area (Å²) in [4.78, 5) is 0. The van der Waals surface area contributed by atoms with Crippen molar-refractivity contribution in [2.75, 3.05) is 0 Å². The van der Waals surface area contributed by atoms with E-state index in [9.17, 15) is 10.2 Å². The van der Waals surface area contributed by atoms with E-state index >= 15 is 0 Å². The highest BCUT2D eigenvalue weighted by Gasteiger charge is 2.27. The number of fused-ring (bicyclic) bond motifs is 5. The molecule has 2 heterocycles. The van der Waals surface area contributed by atoms with Crippen LogP contribution in [0.15, 0.2) is 47.4 Å². The monoisotopic (exact) mass is 266 g/mol. The van der Waals surface area contributed by atoms with E-state index < -0.39 is 0 Å². The Morgan fingerprint density at radius 1 is 0.950 bits per heavy atom. The van der Waals surface area contributed by atoms with Crippen LogP contribution in [-0.4, -0.2) is 10.2 Å². The van der Waals surface area contributed by atoms with Crippen LogP contribution in [0.25, 0.3) is 28.1 Å². The van der Waals surface area contributed by atoms with E-state index in [1.165, 1.54) is 6.07 Å². The lowest BCUT2D eigenvalue weighted by molar-refractivity contribution is 0.462. The Labute approximate surface area is 114 Å².